The van der Waals surface area contributed by atoms with E-state index < -0.39 is 0 Å². The maximum Gasteiger partial charge on any atom is 0.255 e. The van der Waals surface area contributed by atoms with Gasteiger partial charge in [-0.05, 0) is 43.4 Å². The van der Waals surface area contributed by atoms with E-state index in [0.29, 0.717) is 23.7 Å². The summed E-state index contributed by atoms with van der Waals surface area (Å²) < 4.78 is 0. The maximum absolute atomic E-state index is 13.3. The molecule has 5 nitrogen and oxygen atoms in total. The Balaban J connectivity index is 1.77. The van der Waals surface area contributed by atoms with E-state index in [1.54, 1.807) is 12.3 Å². The van der Waals surface area contributed by atoms with Crippen molar-refractivity contribution in [1.82, 2.24) is 10.3 Å². The van der Waals surface area contributed by atoms with Crippen molar-refractivity contribution in [3.05, 3.63) is 82.3 Å². The van der Waals surface area contributed by atoms with Gasteiger partial charge in [-0.3, -0.25) is 9.59 Å². The van der Waals surface area contributed by atoms with Crippen LogP contribution in [0, 0.1) is 12.8 Å². The predicted molar refractivity (Wildman–Crippen MR) is 113 cm³/mol. The number of amides is 1. The number of dihydropyridines is 1. The SMILES string of the molecule is CC1=C(C(=O)Nc2ccc(C)cn2)[C@H](c2ccccc2)C2=C(C[C@@H](C)CC2=O)N1. The minimum atomic E-state index is -0.377. The highest BCUT2D eigenvalue weighted by Gasteiger charge is 2.39. The number of pyridine rings is 1. The van der Waals surface area contributed by atoms with E-state index in [1.165, 1.54) is 0 Å². The summed E-state index contributed by atoms with van der Waals surface area (Å²) in [7, 11) is 0. The number of hydrogen-bond acceptors (Lipinski definition) is 4. The fraction of sp³-hybridized carbons (Fsp3) is 0.292. The molecule has 0 saturated carbocycles. The summed E-state index contributed by atoms with van der Waals surface area (Å²) in [5.74, 6) is 0.295. The number of carbonyl (C=O) groups excluding carboxylic acids is 2. The highest BCUT2D eigenvalue weighted by molar-refractivity contribution is 6.09. The minimum Gasteiger partial charge on any atom is -0.362 e. The molecular formula is C24H25N3O2. The van der Waals surface area contributed by atoms with Crippen LogP contribution < -0.4 is 10.6 Å². The van der Waals surface area contributed by atoms with Crippen molar-refractivity contribution in [2.45, 2.75) is 39.5 Å². The van der Waals surface area contributed by atoms with Crippen LogP contribution in [-0.4, -0.2) is 16.7 Å². The lowest BCUT2D eigenvalue weighted by Gasteiger charge is -2.36. The van der Waals surface area contributed by atoms with Crippen LogP contribution in [0.2, 0.25) is 0 Å². The van der Waals surface area contributed by atoms with Crippen molar-refractivity contribution in [1.29, 1.82) is 0 Å². The summed E-state index contributed by atoms with van der Waals surface area (Å²) in [5.41, 5.74) is 5.00. The molecule has 1 amide bonds. The highest BCUT2D eigenvalue weighted by Crippen LogP contribution is 2.43. The molecule has 0 bridgehead atoms. The van der Waals surface area contributed by atoms with Gasteiger partial charge in [0.15, 0.2) is 5.78 Å². The highest BCUT2D eigenvalue weighted by atomic mass is 16.2. The monoisotopic (exact) mass is 387 g/mol. The number of anilines is 1. The quantitative estimate of drug-likeness (QED) is 0.826. The van der Waals surface area contributed by atoms with Gasteiger partial charge < -0.3 is 10.6 Å². The molecule has 1 aliphatic heterocycles. The zero-order chi connectivity index (χ0) is 20.5. The van der Waals surface area contributed by atoms with E-state index in [0.717, 1.165) is 34.5 Å². The van der Waals surface area contributed by atoms with Gasteiger partial charge in [-0.1, -0.05) is 43.3 Å². The molecule has 0 unspecified atom stereocenters. The minimum absolute atomic E-state index is 0.117. The molecule has 2 aliphatic rings. The first-order valence-electron chi connectivity index (χ1n) is 9.97. The molecule has 2 atom stereocenters. The van der Waals surface area contributed by atoms with Crippen LogP contribution in [0.15, 0.2) is 71.2 Å². The number of hydrogen-bond donors (Lipinski definition) is 2. The Kier molecular flexibility index (Phi) is 5.05. The number of nitrogens with one attached hydrogen (secondary N) is 2. The van der Waals surface area contributed by atoms with Crippen molar-refractivity contribution >= 4 is 17.5 Å². The predicted octanol–water partition coefficient (Wildman–Crippen LogP) is 4.24. The van der Waals surface area contributed by atoms with Gasteiger partial charge in [0, 0.05) is 41.1 Å². The smallest absolute Gasteiger partial charge is 0.255 e. The van der Waals surface area contributed by atoms with Crippen LogP contribution in [0.1, 0.15) is 43.7 Å². The average Bonchev–Trinajstić information content (AvgIpc) is 2.69. The number of aryl methyl sites for hydroxylation is 1. The molecular weight excluding hydrogens is 362 g/mol. The molecule has 2 heterocycles. The zero-order valence-corrected chi connectivity index (χ0v) is 17.0. The lowest BCUT2D eigenvalue weighted by atomic mass is 9.73. The average molecular weight is 387 g/mol. The first kappa shape index (κ1) is 19.1. The third-order valence-corrected chi connectivity index (χ3v) is 5.56. The van der Waals surface area contributed by atoms with Crippen molar-refractivity contribution in [3.63, 3.8) is 0 Å². The number of ketones is 1. The Morgan fingerprint density at radius 3 is 2.55 bits per heavy atom. The van der Waals surface area contributed by atoms with E-state index in [-0.39, 0.29) is 17.6 Å². The number of carbonyl (C=O) groups is 2. The largest absolute Gasteiger partial charge is 0.362 e. The van der Waals surface area contributed by atoms with Crippen LogP contribution in [0.25, 0.3) is 0 Å². The van der Waals surface area contributed by atoms with Gasteiger partial charge in [0.05, 0.1) is 0 Å². The molecule has 0 fully saturated rings. The van der Waals surface area contributed by atoms with Gasteiger partial charge in [0.2, 0.25) is 0 Å². The third kappa shape index (κ3) is 3.73. The summed E-state index contributed by atoms with van der Waals surface area (Å²) in [6.45, 7) is 5.94. The lowest BCUT2D eigenvalue weighted by Crippen LogP contribution is -2.37. The molecule has 0 radical (unpaired) electrons. The summed E-state index contributed by atoms with van der Waals surface area (Å²) in [4.78, 5) is 30.6. The molecule has 0 spiro atoms. The van der Waals surface area contributed by atoms with Gasteiger partial charge >= 0.3 is 0 Å². The van der Waals surface area contributed by atoms with Crippen LogP contribution in [0.4, 0.5) is 5.82 Å². The van der Waals surface area contributed by atoms with Crippen molar-refractivity contribution in [3.8, 4) is 0 Å². The normalized spacial score (nSPS) is 21.6. The molecule has 148 valence electrons. The second-order valence-corrected chi connectivity index (χ2v) is 8.01. The first-order valence-corrected chi connectivity index (χ1v) is 9.97. The Labute approximate surface area is 170 Å². The maximum atomic E-state index is 13.3. The fourth-order valence-electron chi connectivity index (χ4n) is 4.24. The molecule has 5 heteroatoms. The fourth-order valence-corrected chi connectivity index (χ4v) is 4.24. The van der Waals surface area contributed by atoms with Crippen molar-refractivity contribution in [2.24, 2.45) is 5.92 Å². The molecule has 2 aromatic rings. The Morgan fingerprint density at radius 1 is 1.10 bits per heavy atom. The van der Waals surface area contributed by atoms with Gasteiger partial charge in [-0.15, -0.1) is 0 Å². The van der Waals surface area contributed by atoms with Crippen LogP contribution in [0.5, 0.6) is 0 Å². The molecule has 1 aromatic carbocycles. The first-order chi connectivity index (χ1) is 13.9. The third-order valence-electron chi connectivity index (χ3n) is 5.56. The molecule has 29 heavy (non-hydrogen) atoms. The topological polar surface area (TPSA) is 71.1 Å². The van der Waals surface area contributed by atoms with Crippen molar-refractivity contribution < 1.29 is 9.59 Å². The van der Waals surface area contributed by atoms with Crippen LogP contribution >= 0.6 is 0 Å². The second-order valence-electron chi connectivity index (χ2n) is 8.01. The van der Waals surface area contributed by atoms with Gasteiger partial charge in [0.1, 0.15) is 5.82 Å². The standard InChI is InChI=1S/C24H25N3O2/c1-14-9-10-20(25-13-14)27-24(29)21-16(3)26-18-11-15(2)12-19(28)23(18)22(21)17-7-5-4-6-8-17/h4-10,13,15,22,26H,11-12H2,1-3H3,(H,25,27,29)/t15-,22+/m1/s1. The van der Waals surface area contributed by atoms with E-state index in [9.17, 15) is 9.59 Å². The number of allylic oxidation sites excluding steroid dienone is 3. The van der Waals surface area contributed by atoms with Crippen molar-refractivity contribution in [2.75, 3.05) is 5.32 Å². The van der Waals surface area contributed by atoms with Gasteiger partial charge in [0.25, 0.3) is 5.91 Å². The lowest BCUT2D eigenvalue weighted by molar-refractivity contribution is -0.117. The summed E-state index contributed by atoms with van der Waals surface area (Å²) in [6, 6.07) is 13.5. The van der Waals surface area contributed by atoms with E-state index >= 15 is 0 Å². The van der Waals surface area contributed by atoms with E-state index in [1.807, 2.05) is 50.2 Å². The van der Waals surface area contributed by atoms with Crippen LogP contribution in [-0.2, 0) is 9.59 Å². The number of nitrogens with zero attached hydrogens (tertiary/aromatic N) is 1. The number of benzene rings is 1. The zero-order valence-electron chi connectivity index (χ0n) is 17.0. The Hall–Kier alpha value is -3.21. The number of Topliss-reactive ketones (excluding diaryl/α,β-unsaturated/α-hetero) is 1. The second kappa shape index (κ2) is 7.66. The van der Waals surface area contributed by atoms with E-state index in [4.69, 9.17) is 0 Å². The Morgan fingerprint density at radius 2 is 1.86 bits per heavy atom. The van der Waals surface area contributed by atoms with Gasteiger partial charge in [-0.25, -0.2) is 4.98 Å². The summed E-state index contributed by atoms with van der Waals surface area (Å²) >= 11 is 0. The Bertz CT molecular complexity index is 1020. The number of aromatic nitrogens is 1. The van der Waals surface area contributed by atoms with Gasteiger partial charge in [-0.2, -0.15) is 0 Å². The summed E-state index contributed by atoms with van der Waals surface area (Å²) in [5, 5.41) is 6.27. The molecule has 1 aromatic heterocycles. The molecule has 1 aliphatic carbocycles. The molecule has 4 rings (SSSR count). The van der Waals surface area contributed by atoms with E-state index in [2.05, 4.69) is 22.5 Å². The molecule has 2 N–H and O–H groups in total. The van der Waals surface area contributed by atoms with Crippen LogP contribution in [0.3, 0.4) is 0 Å². The summed E-state index contributed by atoms with van der Waals surface area (Å²) in [6.07, 6.45) is 3.05. The number of rotatable bonds is 3. The molecule has 0 saturated heterocycles.